The molecule has 4 rings (SSSR count). The van der Waals surface area contributed by atoms with Gasteiger partial charge >= 0.3 is 6.09 Å². The molecule has 0 bridgehead atoms. The first-order chi connectivity index (χ1) is 20.1. The van der Waals surface area contributed by atoms with Crippen molar-refractivity contribution in [3.8, 4) is 0 Å². The third-order valence-electron chi connectivity index (χ3n) is 8.24. The summed E-state index contributed by atoms with van der Waals surface area (Å²) >= 11 is 1.45. The van der Waals surface area contributed by atoms with Crippen molar-refractivity contribution >= 4 is 35.6 Å². The highest BCUT2D eigenvalue weighted by Gasteiger charge is 2.43. The summed E-state index contributed by atoms with van der Waals surface area (Å²) in [6.45, 7) is 8.17. The van der Waals surface area contributed by atoms with Crippen LogP contribution in [0.5, 0.6) is 0 Å². The maximum atomic E-state index is 13.8. The molecular weight excluding hydrogens is 552 g/mol. The second-order valence-electron chi connectivity index (χ2n) is 13.0. The zero-order chi connectivity index (χ0) is 30.1. The smallest absolute Gasteiger partial charge is 0.411 e. The first-order valence-electron chi connectivity index (χ1n) is 15.6. The van der Waals surface area contributed by atoms with E-state index < -0.39 is 17.7 Å². The average molecular weight is 601 g/mol. The van der Waals surface area contributed by atoms with Gasteiger partial charge < -0.3 is 10.1 Å². The lowest BCUT2D eigenvalue weighted by atomic mass is 9.91. The minimum atomic E-state index is -0.900. The van der Waals surface area contributed by atoms with Crippen LogP contribution in [-0.4, -0.2) is 87.4 Å². The van der Waals surface area contributed by atoms with Crippen molar-refractivity contribution in [3.63, 3.8) is 0 Å². The summed E-state index contributed by atoms with van der Waals surface area (Å²) in [4.78, 5) is 55.7. The Balaban J connectivity index is 1.31. The maximum absolute atomic E-state index is 13.8. The van der Waals surface area contributed by atoms with Gasteiger partial charge in [-0.05, 0) is 69.9 Å². The van der Waals surface area contributed by atoms with E-state index in [1.807, 2.05) is 6.07 Å². The predicted molar refractivity (Wildman–Crippen MR) is 165 cm³/mol. The van der Waals surface area contributed by atoms with Crippen molar-refractivity contribution < 1.29 is 23.9 Å². The predicted octanol–water partition coefficient (Wildman–Crippen LogP) is 4.79. The fourth-order valence-corrected chi connectivity index (χ4v) is 7.15. The van der Waals surface area contributed by atoms with E-state index in [0.29, 0.717) is 5.92 Å². The van der Waals surface area contributed by atoms with Crippen LogP contribution in [0.1, 0.15) is 84.1 Å². The summed E-state index contributed by atoms with van der Waals surface area (Å²) in [7, 11) is 0. The number of ether oxygens (including phenoxy) is 1. The number of nitrogens with zero attached hydrogens (tertiary/aromatic N) is 3. The van der Waals surface area contributed by atoms with Crippen molar-refractivity contribution in [1.82, 2.24) is 19.4 Å². The average Bonchev–Trinajstić information content (AvgIpc) is 3.36. The summed E-state index contributed by atoms with van der Waals surface area (Å²) in [6, 6.07) is 9.65. The van der Waals surface area contributed by atoms with Gasteiger partial charge in [-0.25, -0.2) is 4.79 Å². The SMILES string of the molecule is CC(C)(C)OC(=O)N1CC(=O)C[C@H]1C(=O)N(CCC(=O)NC1CCN(Cc2ccccc2)CC1)SCC1CCCCC1. The van der Waals surface area contributed by atoms with Gasteiger partial charge in [-0.15, -0.1) is 0 Å². The van der Waals surface area contributed by atoms with Crippen LogP contribution in [0, 0.1) is 5.92 Å². The lowest BCUT2D eigenvalue weighted by molar-refractivity contribution is -0.131. The minimum absolute atomic E-state index is 0.0215. The Morgan fingerprint density at radius 2 is 1.71 bits per heavy atom. The van der Waals surface area contributed by atoms with E-state index >= 15 is 0 Å². The molecule has 1 N–H and O–H groups in total. The molecule has 1 atom stereocenters. The monoisotopic (exact) mass is 600 g/mol. The number of carbonyl (C=O) groups is 4. The van der Waals surface area contributed by atoms with E-state index in [4.69, 9.17) is 4.74 Å². The molecule has 2 saturated heterocycles. The van der Waals surface area contributed by atoms with Crippen molar-refractivity contribution in [3.05, 3.63) is 35.9 Å². The number of hydrogen-bond donors (Lipinski definition) is 1. The molecule has 232 valence electrons. The van der Waals surface area contributed by atoms with E-state index in [1.165, 1.54) is 41.7 Å². The quantitative estimate of drug-likeness (QED) is 0.386. The standard InChI is InChI=1S/C32H48N4O5S/c1-32(2,3)41-31(40)35-22-27(37)20-28(35)30(39)36(42-23-25-12-8-5-9-13-25)19-16-29(38)33-26-14-17-34(18-15-26)21-24-10-6-4-7-11-24/h4,6-7,10-11,25-26,28H,5,8-9,12-23H2,1-3H3,(H,33,38)/t28-/m0/s1. The second kappa shape index (κ2) is 15.2. The number of amides is 3. The zero-order valence-electron chi connectivity index (χ0n) is 25.5. The molecule has 1 aliphatic carbocycles. The molecule has 3 aliphatic rings. The molecule has 0 aromatic heterocycles. The summed E-state index contributed by atoms with van der Waals surface area (Å²) in [5.74, 6) is 0.794. The van der Waals surface area contributed by atoms with Crippen molar-refractivity contribution in [2.75, 3.05) is 31.9 Å². The van der Waals surface area contributed by atoms with Crippen LogP contribution in [0.2, 0.25) is 0 Å². The van der Waals surface area contributed by atoms with Gasteiger partial charge in [-0.3, -0.25) is 28.5 Å². The highest BCUT2D eigenvalue weighted by atomic mass is 32.2. The van der Waals surface area contributed by atoms with E-state index in [1.54, 1.807) is 25.1 Å². The molecule has 2 aliphatic heterocycles. The van der Waals surface area contributed by atoms with Gasteiger partial charge in [0.15, 0.2) is 5.78 Å². The topological polar surface area (TPSA) is 99.3 Å². The van der Waals surface area contributed by atoms with Crippen LogP contribution in [0.25, 0.3) is 0 Å². The summed E-state index contributed by atoms with van der Waals surface area (Å²) < 4.78 is 7.13. The molecular formula is C32H48N4O5S. The number of piperidine rings is 1. The fraction of sp³-hybridized carbons (Fsp3) is 0.688. The molecule has 3 amide bonds. The van der Waals surface area contributed by atoms with E-state index in [0.717, 1.165) is 51.1 Å². The van der Waals surface area contributed by atoms with Crippen molar-refractivity contribution in [2.24, 2.45) is 5.92 Å². The minimum Gasteiger partial charge on any atom is -0.444 e. The molecule has 1 saturated carbocycles. The van der Waals surface area contributed by atoms with Gasteiger partial charge in [0.1, 0.15) is 11.6 Å². The third kappa shape index (κ3) is 10.0. The Bertz CT molecular complexity index is 1060. The summed E-state index contributed by atoms with van der Waals surface area (Å²) in [5, 5.41) is 3.18. The number of carbonyl (C=O) groups excluding carboxylic acids is 4. The Labute approximate surface area is 255 Å². The Morgan fingerprint density at radius 3 is 2.38 bits per heavy atom. The number of nitrogens with one attached hydrogen (secondary N) is 1. The van der Waals surface area contributed by atoms with Crippen LogP contribution >= 0.6 is 11.9 Å². The van der Waals surface area contributed by atoms with Crippen LogP contribution in [0.4, 0.5) is 4.79 Å². The molecule has 1 aromatic rings. The molecule has 0 radical (unpaired) electrons. The van der Waals surface area contributed by atoms with Crippen molar-refractivity contribution in [2.45, 2.75) is 103 Å². The van der Waals surface area contributed by atoms with Crippen LogP contribution in [0.15, 0.2) is 30.3 Å². The Morgan fingerprint density at radius 1 is 1.02 bits per heavy atom. The lowest BCUT2D eigenvalue weighted by Gasteiger charge is -2.33. The normalized spacial score (nSPS) is 20.9. The number of Topliss-reactive ketones (excluding diaryl/α,β-unsaturated/α-hetero) is 1. The molecule has 42 heavy (non-hydrogen) atoms. The highest BCUT2D eigenvalue weighted by Crippen LogP contribution is 2.30. The highest BCUT2D eigenvalue weighted by molar-refractivity contribution is 7.97. The summed E-state index contributed by atoms with van der Waals surface area (Å²) in [6.07, 6.45) is 7.25. The molecule has 2 heterocycles. The van der Waals surface area contributed by atoms with Gasteiger partial charge in [0.05, 0.1) is 6.54 Å². The molecule has 3 fully saturated rings. The number of ketones is 1. The first kappa shape index (κ1) is 32.3. The second-order valence-corrected chi connectivity index (χ2v) is 14.0. The molecule has 9 nitrogen and oxygen atoms in total. The molecule has 0 spiro atoms. The van der Waals surface area contributed by atoms with Crippen LogP contribution < -0.4 is 5.32 Å². The number of hydrogen-bond acceptors (Lipinski definition) is 7. The first-order valence-corrected chi connectivity index (χ1v) is 16.5. The third-order valence-corrected chi connectivity index (χ3v) is 9.53. The van der Waals surface area contributed by atoms with Crippen LogP contribution in [-0.2, 0) is 25.7 Å². The zero-order valence-corrected chi connectivity index (χ0v) is 26.3. The maximum Gasteiger partial charge on any atom is 0.411 e. The van der Waals surface area contributed by atoms with Gasteiger partial charge in [0.2, 0.25) is 5.91 Å². The molecule has 0 unspecified atom stereocenters. The van der Waals surface area contributed by atoms with Gasteiger partial charge in [0, 0.05) is 50.8 Å². The molecule has 10 heteroatoms. The number of benzene rings is 1. The van der Waals surface area contributed by atoms with Crippen LogP contribution in [0.3, 0.4) is 0 Å². The van der Waals surface area contributed by atoms with E-state index in [9.17, 15) is 19.2 Å². The fourth-order valence-electron chi connectivity index (χ4n) is 5.96. The Kier molecular flexibility index (Phi) is 11.7. The summed E-state index contributed by atoms with van der Waals surface area (Å²) in [5.41, 5.74) is 0.561. The number of rotatable bonds is 10. The van der Waals surface area contributed by atoms with Gasteiger partial charge in [0.25, 0.3) is 5.91 Å². The lowest BCUT2D eigenvalue weighted by Crippen LogP contribution is -2.48. The Hall–Kier alpha value is -2.59. The van der Waals surface area contributed by atoms with E-state index in [-0.39, 0.29) is 49.6 Å². The van der Waals surface area contributed by atoms with Gasteiger partial charge in [-0.1, -0.05) is 49.6 Å². The van der Waals surface area contributed by atoms with Gasteiger partial charge in [-0.2, -0.15) is 0 Å². The largest absolute Gasteiger partial charge is 0.444 e. The van der Waals surface area contributed by atoms with Crippen molar-refractivity contribution in [1.29, 1.82) is 0 Å². The molecule has 1 aromatic carbocycles. The van der Waals surface area contributed by atoms with E-state index in [2.05, 4.69) is 34.5 Å². The number of likely N-dealkylation sites (tertiary alicyclic amines) is 2.